The van der Waals surface area contributed by atoms with Crippen LogP contribution in [0, 0.1) is 0 Å². The van der Waals surface area contributed by atoms with Crippen LogP contribution in [-0.2, 0) is 16.2 Å². The minimum atomic E-state index is -0.0433. The van der Waals surface area contributed by atoms with Gasteiger partial charge in [-0.05, 0) is 36.2 Å². The molecule has 1 N–H and O–H groups in total. The average Bonchev–Trinajstić information content (AvgIpc) is 2.99. The number of amides is 2. The van der Waals surface area contributed by atoms with Gasteiger partial charge in [-0.3, -0.25) is 14.5 Å². The zero-order valence-corrected chi connectivity index (χ0v) is 17.0. The first-order valence-electron chi connectivity index (χ1n) is 10.2. The molecule has 0 bridgehead atoms. The van der Waals surface area contributed by atoms with E-state index in [0.717, 1.165) is 43.1 Å². The van der Waals surface area contributed by atoms with E-state index in [1.54, 1.807) is 0 Å². The number of nitrogens with one attached hydrogen (secondary N) is 1. The molecule has 0 saturated carbocycles. The maximum absolute atomic E-state index is 12.4. The molecule has 0 spiro atoms. The number of nitrogens with zero attached hydrogens (tertiary/aromatic N) is 2. The summed E-state index contributed by atoms with van der Waals surface area (Å²) >= 11 is 0. The first-order chi connectivity index (χ1) is 14.1. The van der Waals surface area contributed by atoms with E-state index in [2.05, 4.69) is 10.2 Å². The monoisotopic (exact) mass is 395 g/mol. The van der Waals surface area contributed by atoms with Gasteiger partial charge in [-0.2, -0.15) is 0 Å². The molecule has 0 aliphatic carbocycles. The molecule has 3 rings (SSSR count). The van der Waals surface area contributed by atoms with E-state index >= 15 is 0 Å². The van der Waals surface area contributed by atoms with Crippen molar-refractivity contribution in [2.24, 2.45) is 0 Å². The SMILES string of the molecule is CCC(=O)N1CCCN(CC(=O)Nc2ccc(OCc3ccccc3)cc2)CC1. The predicted molar refractivity (Wildman–Crippen MR) is 114 cm³/mol. The van der Waals surface area contributed by atoms with Gasteiger partial charge in [-0.25, -0.2) is 0 Å². The van der Waals surface area contributed by atoms with Crippen LogP contribution in [0.1, 0.15) is 25.3 Å². The molecule has 0 aromatic heterocycles. The molecule has 0 atom stereocenters. The van der Waals surface area contributed by atoms with Crippen molar-refractivity contribution in [3.8, 4) is 5.75 Å². The van der Waals surface area contributed by atoms with Crippen LogP contribution in [0.25, 0.3) is 0 Å². The summed E-state index contributed by atoms with van der Waals surface area (Å²) in [6, 6.07) is 17.4. The summed E-state index contributed by atoms with van der Waals surface area (Å²) in [6.07, 6.45) is 1.43. The second-order valence-electron chi connectivity index (χ2n) is 7.21. The van der Waals surface area contributed by atoms with Crippen molar-refractivity contribution in [1.29, 1.82) is 0 Å². The summed E-state index contributed by atoms with van der Waals surface area (Å²) in [5.41, 5.74) is 1.86. The molecule has 1 aliphatic heterocycles. The summed E-state index contributed by atoms with van der Waals surface area (Å²) in [6.45, 7) is 5.75. The Morgan fingerprint density at radius 2 is 1.72 bits per heavy atom. The molecule has 2 aromatic carbocycles. The number of carbonyl (C=O) groups excluding carboxylic acids is 2. The lowest BCUT2D eigenvalue weighted by atomic mass is 10.2. The number of hydrogen-bond donors (Lipinski definition) is 1. The van der Waals surface area contributed by atoms with E-state index in [1.807, 2.05) is 66.4 Å². The predicted octanol–water partition coefficient (Wildman–Crippen LogP) is 3.15. The highest BCUT2D eigenvalue weighted by Gasteiger charge is 2.19. The third-order valence-electron chi connectivity index (χ3n) is 5.00. The molecule has 6 nitrogen and oxygen atoms in total. The van der Waals surface area contributed by atoms with Crippen LogP contribution in [0.3, 0.4) is 0 Å². The van der Waals surface area contributed by atoms with E-state index in [4.69, 9.17) is 4.74 Å². The van der Waals surface area contributed by atoms with Crippen molar-refractivity contribution >= 4 is 17.5 Å². The molecule has 2 amide bonds. The second kappa shape index (κ2) is 10.6. The van der Waals surface area contributed by atoms with E-state index in [-0.39, 0.29) is 11.8 Å². The summed E-state index contributed by atoms with van der Waals surface area (Å²) in [4.78, 5) is 28.3. The summed E-state index contributed by atoms with van der Waals surface area (Å²) in [7, 11) is 0. The van der Waals surface area contributed by atoms with Gasteiger partial charge in [-0.1, -0.05) is 37.3 Å². The molecule has 29 heavy (non-hydrogen) atoms. The fourth-order valence-corrected chi connectivity index (χ4v) is 3.38. The van der Waals surface area contributed by atoms with Gasteiger partial charge in [0.1, 0.15) is 12.4 Å². The quantitative estimate of drug-likeness (QED) is 0.782. The number of anilines is 1. The van der Waals surface area contributed by atoms with Crippen LogP contribution in [0.4, 0.5) is 5.69 Å². The van der Waals surface area contributed by atoms with Gasteiger partial charge in [-0.15, -0.1) is 0 Å². The molecule has 6 heteroatoms. The van der Waals surface area contributed by atoms with Crippen molar-refractivity contribution < 1.29 is 14.3 Å². The van der Waals surface area contributed by atoms with Crippen molar-refractivity contribution in [2.45, 2.75) is 26.4 Å². The van der Waals surface area contributed by atoms with E-state index in [9.17, 15) is 9.59 Å². The first kappa shape index (κ1) is 20.9. The fraction of sp³-hybridized carbons (Fsp3) is 0.391. The maximum Gasteiger partial charge on any atom is 0.238 e. The second-order valence-corrected chi connectivity index (χ2v) is 7.21. The Balaban J connectivity index is 1.44. The Morgan fingerprint density at radius 1 is 0.966 bits per heavy atom. The van der Waals surface area contributed by atoms with Crippen LogP contribution >= 0.6 is 0 Å². The first-order valence-corrected chi connectivity index (χ1v) is 10.2. The van der Waals surface area contributed by atoms with Crippen molar-refractivity contribution in [3.05, 3.63) is 60.2 Å². The Bertz CT molecular complexity index is 793. The Kier molecular flexibility index (Phi) is 7.64. The third-order valence-corrected chi connectivity index (χ3v) is 5.00. The number of hydrogen-bond acceptors (Lipinski definition) is 4. The number of ether oxygens (including phenoxy) is 1. The summed E-state index contributed by atoms with van der Waals surface area (Å²) in [5, 5.41) is 2.94. The van der Waals surface area contributed by atoms with Crippen LogP contribution in [-0.4, -0.2) is 54.3 Å². The Hall–Kier alpha value is -2.86. The normalized spacial score (nSPS) is 14.9. The molecule has 1 saturated heterocycles. The minimum absolute atomic E-state index is 0.0433. The average molecular weight is 396 g/mol. The molecule has 2 aromatic rings. The minimum Gasteiger partial charge on any atom is -0.489 e. The van der Waals surface area contributed by atoms with Gasteiger partial charge in [0.15, 0.2) is 0 Å². The maximum atomic E-state index is 12.4. The van der Waals surface area contributed by atoms with Crippen LogP contribution in [0.15, 0.2) is 54.6 Å². The van der Waals surface area contributed by atoms with Crippen LogP contribution in [0.2, 0.25) is 0 Å². The number of carbonyl (C=O) groups is 2. The molecule has 1 fully saturated rings. The molecule has 0 unspecified atom stereocenters. The van der Waals surface area contributed by atoms with Gasteiger partial charge in [0, 0.05) is 38.3 Å². The van der Waals surface area contributed by atoms with E-state index in [0.29, 0.717) is 26.1 Å². The highest BCUT2D eigenvalue weighted by Crippen LogP contribution is 2.17. The standard InChI is InChI=1S/C23H29N3O3/c1-2-23(28)26-14-6-13-25(15-16-26)17-22(27)24-20-9-11-21(12-10-20)29-18-19-7-4-3-5-8-19/h3-5,7-12H,2,6,13-18H2,1H3,(H,24,27). The van der Waals surface area contributed by atoms with Gasteiger partial charge in [0.2, 0.25) is 11.8 Å². The Morgan fingerprint density at radius 3 is 2.45 bits per heavy atom. The van der Waals surface area contributed by atoms with Crippen LogP contribution < -0.4 is 10.1 Å². The van der Waals surface area contributed by atoms with E-state index in [1.165, 1.54) is 0 Å². The van der Waals surface area contributed by atoms with E-state index < -0.39 is 0 Å². The number of rotatable bonds is 7. The summed E-state index contributed by atoms with van der Waals surface area (Å²) in [5.74, 6) is 0.907. The zero-order valence-electron chi connectivity index (χ0n) is 17.0. The molecular formula is C23H29N3O3. The van der Waals surface area contributed by atoms with Gasteiger partial charge < -0.3 is 15.0 Å². The summed E-state index contributed by atoms with van der Waals surface area (Å²) < 4.78 is 5.77. The zero-order chi connectivity index (χ0) is 20.5. The Labute approximate surface area is 172 Å². The number of benzene rings is 2. The molecular weight excluding hydrogens is 366 g/mol. The van der Waals surface area contributed by atoms with Crippen LogP contribution in [0.5, 0.6) is 5.75 Å². The highest BCUT2D eigenvalue weighted by molar-refractivity contribution is 5.92. The fourth-order valence-electron chi connectivity index (χ4n) is 3.38. The third kappa shape index (κ3) is 6.61. The lowest BCUT2D eigenvalue weighted by Crippen LogP contribution is -2.37. The molecule has 1 aliphatic rings. The van der Waals surface area contributed by atoms with Crippen molar-refractivity contribution in [3.63, 3.8) is 0 Å². The smallest absolute Gasteiger partial charge is 0.238 e. The molecule has 1 heterocycles. The lowest BCUT2D eigenvalue weighted by Gasteiger charge is -2.21. The topological polar surface area (TPSA) is 61.9 Å². The molecule has 0 radical (unpaired) electrons. The highest BCUT2D eigenvalue weighted by atomic mass is 16.5. The molecule has 154 valence electrons. The van der Waals surface area contributed by atoms with Crippen molar-refractivity contribution in [2.75, 3.05) is 38.0 Å². The largest absolute Gasteiger partial charge is 0.489 e. The lowest BCUT2D eigenvalue weighted by molar-refractivity contribution is -0.130. The van der Waals surface area contributed by atoms with Gasteiger partial charge >= 0.3 is 0 Å². The van der Waals surface area contributed by atoms with Gasteiger partial charge in [0.05, 0.1) is 6.54 Å². The van der Waals surface area contributed by atoms with Crippen molar-refractivity contribution in [1.82, 2.24) is 9.80 Å². The van der Waals surface area contributed by atoms with Gasteiger partial charge in [0.25, 0.3) is 0 Å².